The van der Waals surface area contributed by atoms with Gasteiger partial charge in [-0.05, 0) is 60.9 Å². The molecular formula is C28H26ClNO5. The van der Waals surface area contributed by atoms with Gasteiger partial charge in [0.15, 0.2) is 11.9 Å². The molecular weight excluding hydrogens is 466 g/mol. The van der Waals surface area contributed by atoms with Crippen LogP contribution in [0.1, 0.15) is 48.4 Å². The van der Waals surface area contributed by atoms with Gasteiger partial charge in [0.05, 0.1) is 17.8 Å². The second-order valence-corrected chi connectivity index (χ2v) is 8.86. The van der Waals surface area contributed by atoms with Crippen LogP contribution in [-0.2, 0) is 4.79 Å². The Bertz CT molecular complexity index is 1370. The third-order valence-electron chi connectivity index (χ3n) is 5.69. The SMILES string of the molecule is COc1ccc(C(=O)c2oc3ccccc3c2NC(=O)C(C)Oc2ccc(C(C)C)cc2)cc1Cl. The number of carbonyl (C=O) groups excluding carboxylic acids is 2. The molecule has 1 atom stereocenters. The molecule has 1 heterocycles. The zero-order chi connectivity index (χ0) is 25.1. The first-order valence-electron chi connectivity index (χ1n) is 11.3. The summed E-state index contributed by atoms with van der Waals surface area (Å²) in [5.41, 5.74) is 2.25. The molecule has 1 N–H and O–H groups in total. The van der Waals surface area contributed by atoms with Gasteiger partial charge in [-0.3, -0.25) is 9.59 Å². The lowest BCUT2D eigenvalue weighted by molar-refractivity contribution is -0.122. The van der Waals surface area contributed by atoms with E-state index in [2.05, 4.69) is 19.2 Å². The number of anilines is 1. The number of furan rings is 1. The first-order chi connectivity index (χ1) is 16.8. The Morgan fingerprint density at radius 1 is 0.971 bits per heavy atom. The summed E-state index contributed by atoms with van der Waals surface area (Å²) < 4.78 is 16.9. The van der Waals surface area contributed by atoms with Gasteiger partial charge in [0, 0.05) is 10.9 Å². The number of nitrogens with one attached hydrogen (secondary N) is 1. The average Bonchev–Trinajstić information content (AvgIpc) is 3.22. The molecule has 1 aromatic heterocycles. The van der Waals surface area contributed by atoms with Crippen molar-refractivity contribution < 1.29 is 23.5 Å². The lowest BCUT2D eigenvalue weighted by Gasteiger charge is -2.15. The summed E-state index contributed by atoms with van der Waals surface area (Å²) in [5, 5.41) is 3.74. The molecule has 0 bridgehead atoms. The van der Waals surface area contributed by atoms with E-state index < -0.39 is 17.8 Å². The molecule has 35 heavy (non-hydrogen) atoms. The summed E-state index contributed by atoms with van der Waals surface area (Å²) in [6.45, 7) is 5.87. The second-order valence-electron chi connectivity index (χ2n) is 8.45. The molecule has 180 valence electrons. The number of ether oxygens (including phenoxy) is 2. The Morgan fingerprint density at radius 3 is 2.34 bits per heavy atom. The van der Waals surface area contributed by atoms with Gasteiger partial charge < -0.3 is 19.2 Å². The van der Waals surface area contributed by atoms with Crippen molar-refractivity contribution in [1.82, 2.24) is 0 Å². The molecule has 0 aliphatic rings. The molecule has 0 aliphatic heterocycles. The number of ketones is 1. The number of carbonyl (C=O) groups is 2. The van der Waals surface area contributed by atoms with Gasteiger partial charge in [-0.25, -0.2) is 0 Å². The van der Waals surface area contributed by atoms with Crippen LogP contribution in [-0.4, -0.2) is 24.9 Å². The molecule has 0 spiro atoms. The number of rotatable bonds is 8. The van der Waals surface area contributed by atoms with Gasteiger partial charge in [-0.2, -0.15) is 0 Å². The third-order valence-corrected chi connectivity index (χ3v) is 5.99. The predicted octanol–water partition coefficient (Wildman–Crippen LogP) is 6.86. The van der Waals surface area contributed by atoms with E-state index in [0.29, 0.717) is 39.0 Å². The number of halogens is 1. The van der Waals surface area contributed by atoms with E-state index >= 15 is 0 Å². The number of para-hydroxylation sites is 1. The first kappa shape index (κ1) is 24.4. The lowest BCUT2D eigenvalue weighted by atomic mass is 10.0. The van der Waals surface area contributed by atoms with Gasteiger partial charge in [0.1, 0.15) is 17.1 Å². The minimum Gasteiger partial charge on any atom is -0.495 e. The van der Waals surface area contributed by atoms with Crippen molar-refractivity contribution >= 4 is 39.9 Å². The monoisotopic (exact) mass is 491 g/mol. The van der Waals surface area contributed by atoms with E-state index in [1.807, 2.05) is 30.3 Å². The van der Waals surface area contributed by atoms with E-state index in [0.717, 1.165) is 0 Å². The molecule has 1 amide bonds. The Hall–Kier alpha value is -3.77. The summed E-state index contributed by atoms with van der Waals surface area (Å²) in [5.74, 6) is 0.613. The molecule has 0 radical (unpaired) electrons. The Morgan fingerprint density at radius 2 is 1.69 bits per heavy atom. The van der Waals surface area contributed by atoms with Crippen LogP contribution in [0.25, 0.3) is 11.0 Å². The zero-order valence-corrected chi connectivity index (χ0v) is 20.7. The van der Waals surface area contributed by atoms with Gasteiger partial charge in [-0.15, -0.1) is 0 Å². The average molecular weight is 492 g/mol. The van der Waals surface area contributed by atoms with E-state index in [4.69, 9.17) is 25.5 Å². The van der Waals surface area contributed by atoms with Gasteiger partial charge in [0.25, 0.3) is 5.91 Å². The first-order valence-corrected chi connectivity index (χ1v) is 11.6. The number of amides is 1. The summed E-state index contributed by atoms with van der Waals surface area (Å²) in [6, 6.07) is 19.5. The van der Waals surface area contributed by atoms with Crippen LogP contribution < -0.4 is 14.8 Å². The molecule has 6 nitrogen and oxygen atoms in total. The molecule has 4 aromatic rings. The van der Waals surface area contributed by atoms with Crippen LogP contribution in [0.3, 0.4) is 0 Å². The molecule has 0 saturated heterocycles. The smallest absolute Gasteiger partial charge is 0.265 e. The molecule has 0 aliphatic carbocycles. The fourth-order valence-electron chi connectivity index (χ4n) is 3.68. The van der Waals surface area contributed by atoms with Crippen LogP contribution in [0.4, 0.5) is 5.69 Å². The van der Waals surface area contributed by atoms with Crippen LogP contribution in [0.15, 0.2) is 71.1 Å². The normalized spacial score (nSPS) is 11.9. The van der Waals surface area contributed by atoms with Crippen molar-refractivity contribution in [3.05, 3.63) is 88.6 Å². The molecule has 4 rings (SSSR count). The number of fused-ring (bicyclic) bond motifs is 1. The molecule has 3 aromatic carbocycles. The summed E-state index contributed by atoms with van der Waals surface area (Å²) in [7, 11) is 1.50. The highest BCUT2D eigenvalue weighted by Gasteiger charge is 2.26. The molecule has 1 unspecified atom stereocenters. The van der Waals surface area contributed by atoms with E-state index in [1.165, 1.54) is 18.7 Å². The topological polar surface area (TPSA) is 77.8 Å². The Kier molecular flexibility index (Phi) is 7.12. The van der Waals surface area contributed by atoms with Crippen molar-refractivity contribution in [2.75, 3.05) is 12.4 Å². The summed E-state index contributed by atoms with van der Waals surface area (Å²) in [6.07, 6.45) is -0.813. The number of methoxy groups -OCH3 is 1. The lowest BCUT2D eigenvalue weighted by Crippen LogP contribution is -2.30. The standard InChI is InChI=1S/C28H26ClNO5/c1-16(2)18-9-12-20(13-10-18)34-17(3)28(32)30-25-21-7-5-6-8-23(21)35-27(25)26(31)19-11-14-24(33-4)22(29)15-19/h5-17H,1-4H3,(H,30,32). The maximum absolute atomic E-state index is 13.3. The predicted molar refractivity (Wildman–Crippen MR) is 137 cm³/mol. The third kappa shape index (κ3) is 5.17. The maximum atomic E-state index is 13.3. The highest BCUT2D eigenvalue weighted by molar-refractivity contribution is 6.32. The molecule has 0 fully saturated rings. The largest absolute Gasteiger partial charge is 0.495 e. The van der Waals surface area contributed by atoms with E-state index in [9.17, 15) is 9.59 Å². The van der Waals surface area contributed by atoms with Crippen molar-refractivity contribution in [2.45, 2.75) is 32.8 Å². The quantitative estimate of drug-likeness (QED) is 0.272. The molecule has 0 saturated carbocycles. The van der Waals surface area contributed by atoms with Crippen molar-refractivity contribution in [2.24, 2.45) is 0 Å². The van der Waals surface area contributed by atoms with Gasteiger partial charge in [0.2, 0.25) is 5.78 Å². The van der Waals surface area contributed by atoms with Crippen LogP contribution in [0.5, 0.6) is 11.5 Å². The Balaban J connectivity index is 1.61. The minimum atomic E-state index is -0.813. The van der Waals surface area contributed by atoms with E-state index in [1.54, 1.807) is 37.3 Å². The highest BCUT2D eigenvalue weighted by Crippen LogP contribution is 2.34. The van der Waals surface area contributed by atoms with Gasteiger partial charge >= 0.3 is 0 Å². The molecule has 7 heteroatoms. The van der Waals surface area contributed by atoms with Crippen molar-refractivity contribution in [3.63, 3.8) is 0 Å². The van der Waals surface area contributed by atoms with Crippen molar-refractivity contribution in [1.29, 1.82) is 0 Å². The van der Waals surface area contributed by atoms with Crippen LogP contribution in [0, 0.1) is 0 Å². The highest BCUT2D eigenvalue weighted by atomic mass is 35.5. The van der Waals surface area contributed by atoms with Gasteiger partial charge in [-0.1, -0.05) is 49.7 Å². The van der Waals surface area contributed by atoms with E-state index in [-0.39, 0.29) is 11.4 Å². The Labute approximate surface area is 208 Å². The number of benzene rings is 3. The number of hydrogen-bond donors (Lipinski definition) is 1. The maximum Gasteiger partial charge on any atom is 0.265 e. The van der Waals surface area contributed by atoms with Crippen molar-refractivity contribution in [3.8, 4) is 11.5 Å². The zero-order valence-electron chi connectivity index (χ0n) is 19.9. The van der Waals surface area contributed by atoms with Crippen LogP contribution in [0.2, 0.25) is 5.02 Å². The fourth-order valence-corrected chi connectivity index (χ4v) is 3.94. The minimum absolute atomic E-state index is 0.00858. The summed E-state index contributed by atoms with van der Waals surface area (Å²) in [4.78, 5) is 26.4. The van der Waals surface area contributed by atoms with Crippen LogP contribution >= 0.6 is 11.6 Å². The fraction of sp³-hybridized carbons (Fsp3) is 0.214. The second kappa shape index (κ2) is 10.2. The number of hydrogen-bond acceptors (Lipinski definition) is 5. The summed E-state index contributed by atoms with van der Waals surface area (Å²) >= 11 is 6.22.